The number of hydrogen-bond donors (Lipinski definition) is 2. The Hall–Kier alpha value is -1.62. The molecule has 0 saturated carbocycles. The molecule has 1 aromatic heterocycles. The van der Waals surface area contributed by atoms with Gasteiger partial charge in [-0.2, -0.15) is 0 Å². The third-order valence-electron chi connectivity index (χ3n) is 3.46. The molecule has 0 aromatic carbocycles. The van der Waals surface area contributed by atoms with Gasteiger partial charge < -0.3 is 15.3 Å². The predicted molar refractivity (Wildman–Crippen MR) is 68.5 cm³/mol. The number of amides is 1. The fourth-order valence-corrected chi connectivity index (χ4v) is 2.29. The van der Waals surface area contributed by atoms with E-state index in [4.69, 9.17) is 0 Å². The molecule has 0 radical (unpaired) electrons. The van der Waals surface area contributed by atoms with Gasteiger partial charge >= 0.3 is 0 Å². The Kier molecular flexibility index (Phi) is 4.15. The van der Waals surface area contributed by atoms with Crippen molar-refractivity contribution in [2.24, 2.45) is 0 Å². The summed E-state index contributed by atoms with van der Waals surface area (Å²) < 4.78 is 0. The van der Waals surface area contributed by atoms with Gasteiger partial charge in [-0.3, -0.25) is 9.78 Å². The third kappa shape index (κ3) is 2.98. The number of carbonyl (C=O) groups is 1. The molecule has 5 nitrogen and oxygen atoms in total. The average molecular weight is 249 g/mol. The first-order chi connectivity index (χ1) is 8.68. The Morgan fingerprint density at radius 1 is 1.61 bits per heavy atom. The minimum Gasteiger partial charge on any atom is -0.505 e. The molecule has 1 aliphatic rings. The van der Waals surface area contributed by atoms with Gasteiger partial charge in [-0.05, 0) is 32.5 Å². The highest BCUT2D eigenvalue weighted by atomic mass is 16.3. The molecule has 1 atom stereocenters. The van der Waals surface area contributed by atoms with Crippen LogP contribution in [0.25, 0.3) is 0 Å². The second kappa shape index (κ2) is 5.82. The van der Waals surface area contributed by atoms with Crippen LogP contribution in [0.15, 0.2) is 18.5 Å². The maximum Gasteiger partial charge on any atom is 0.255 e. The SMILES string of the molecule is CN1CCCCC1CNC(=O)c1ccncc1O. The first-order valence-electron chi connectivity index (χ1n) is 6.30. The molecule has 0 aliphatic carbocycles. The number of nitrogens with one attached hydrogen (secondary N) is 1. The number of nitrogens with zero attached hydrogens (tertiary/aromatic N) is 2. The lowest BCUT2D eigenvalue weighted by molar-refractivity contribution is 0.0925. The molecule has 2 rings (SSSR count). The zero-order valence-corrected chi connectivity index (χ0v) is 10.6. The van der Waals surface area contributed by atoms with Crippen LogP contribution in [0.3, 0.4) is 0 Å². The second-order valence-corrected chi connectivity index (χ2v) is 4.73. The monoisotopic (exact) mass is 249 g/mol. The molecular weight excluding hydrogens is 230 g/mol. The molecule has 98 valence electrons. The largest absolute Gasteiger partial charge is 0.505 e. The molecule has 5 heteroatoms. The highest BCUT2D eigenvalue weighted by Gasteiger charge is 2.20. The number of likely N-dealkylation sites (N-methyl/N-ethyl adjacent to an activating group) is 1. The van der Waals surface area contributed by atoms with E-state index in [-0.39, 0.29) is 17.2 Å². The maximum atomic E-state index is 11.9. The number of aromatic nitrogens is 1. The van der Waals surface area contributed by atoms with Gasteiger partial charge in [0.05, 0.1) is 11.8 Å². The van der Waals surface area contributed by atoms with Crippen molar-refractivity contribution in [2.45, 2.75) is 25.3 Å². The normalized spacial score (nSPS) is 20.6. The van der Waals surface area contributed by atoms with E-state index in [2.05, 4.69) is 22.2 Å². The fourth-order valence-electron chi connectivity index (χ4n) is 2.29. The quantitative estimate of drug-likeness (QED) is 0.839. The number of rotatable bonds is 3. The van der Waals surface area contributed by atoms with Crippen LogP contribution in [-0.4, -0.2) is 47.1 Å². The summed E-state index contributed by atoms with van der Waals surface area (Å²) in [5, 5.41) is 12.4. The van der Waals surface area contributed by atoms with Crippen molar-refractivity contribution in [3.05, 3.63) is 24.0 Å². The molecule has 1 saturated heterocycles. The van der Waals surface area contributed by atoms with Gasteiger partial charge in [0, 0.05) is 18.8 Å². The highest BCUT2D eigenvalue weighted by Crippen LogP contribution is 2.16. The van der Waals surface area contributed by atoms with Crippen molar-refractivity contribution >= 4 is 5.91 Å². The molecule has 0 spiro atoms. The summed E-state index contributed by atoms with van der Waals surface area (Å²) in [7, 11) is 2.08. The molecular formula is C13H19N3O2. The number of hydrogen-bond acceptors (Lipinski definition) is 4. The van der Waals surface area contributed by atoms with E-state index >= 15 is 0 Å². The summed E-state index contributed by atoms with van der Waals surface area (Å²) in [5.41, 5.74) is 0.281. The van der Waals surface area contributed by atoms with E-state index in [1.807, 2.05) is 0 Å². The van der Waals surface area contributed by atoms with Crippen molar-refractivity contribution in [1.82, 2.24) is 15.2 Å². The Morgan fingerprint density at radius 2 is 2.44 bits per heavy atom. The Morgan fingerprint density at radius 3 is 3.17 bits per heavy atom. The van der Waals surface area contributed by atoms with Gasteiger partial charge in [0.1, 0.15) is 5.75 Å². The Bertz CT molecular complexity index is 422. The van der Waals surface area contributed by atoms with Gasteiger partial charge in [-0.1, -0.05) is 6.42 Å². The lowest BCUT2D eigenvalue weighted by Gasteiger charge is -2.32. The van der Waals surface area contributed by atoms with E-state index in [0.29, 0.717) is 12.6 Å². The van der Waals surface area contributed by atoms with Crippen LogP contribution < -0.4 is 5.32 Å². The van der Waals surface area contributed by atoms with Crippen LogP contribution in [0, 0.1) is 0 Å². The topological polar surface area (TPSA) is 65.5 Å². The van der Waals surface area contributed by atoms with Crippen LogP contribution in [0.2, 0.25) is 0 Å². The molecule has 2 N–H and O–H groups in total. The third-order valence-corrected chi connectivity index (χ3v) is 3.46. The number of likely N-dealkylation sites (tertiary alicyclic amines) is 1. The number of carbonyl (C=O) groups excluding carboxylic acids is 1. The van der Waals surface area contributed by atoms with E-state index in [9.17, 15) is 9.90 Å². The van der Waals surface area contributed by atoms with Crippen LogP contribution in [0.1, 0.15) is 29.6 Å². The van der Waals surface area contributed by atoms with Crippen molar-refractivity contribution in [2.75, 3.05) is 20.1 Å². The van der Waals surface area contributed by atoms with Crippen LogP contribution >= 0.6 is 0 Å². The van der Waals surface area contributed by atoms with Crippen LogP contribution in [0.4, 0.5) is 0 Å². The Balaban J connectivity index is 1.90. The standard InChI is InChI=1S/C13H19N3O2/c1-16-7-3-2-4-10(16)8-15-13(18)11-5-6-14-9-12(11)17/h5-6,9-10,17H,2-4,7-8H2,1H3,(H,15,18). The van der Waals surface area contributed by atoms with E-state index in [1.54, 1.807) is 0 Å². The molecule has 1 aliphatic heterocycles. The predicted octanol–water partition coefficient (Wildman–Crippen LogP) is 1.00. The van der Waals surface area contributed by atoms with Gasteiger partial charge in [-0.25, -0.2) is 0 Å². The number of aromatic hydroxyl groups is 1. The summed E-state index contributed by atoms with van der Waals surface area (Å²) in [4.78, 5) is 17.9. The lowest BCUT2D eigenvalue weighted by Crippen LogP contribution is -2.44. The Labute approximate surface area is 107 Å². The average Bonchev–Trinajstić information content (AvgIpc) is 2.38. The number of pyridine rings is 1. The van der Waals surface area contributed by atoms with Crippen LogP contribution in [0.5, 0.6) is 5.75 Å². The zero-order valence-electron chi connectivity index (χ0n) is 10.6. The van der Waals surface area contributed by atoms with E-state index in [1.165, 1.54) is 31.3 Å². The summed E-state index contributed by atoms with van der Waals surface area (Å²) in [5.74, 6) is -0.319. The van der Waals surface area contributed by atoms with Gasteiger partial charge in [0.25, 0.3) is 5.91 Å². The second-order valence-electron chi connectivity index (χ2n) is 4.73. The molecule has 1 amide bonds. The molecule has 1 unspecified atom stereocenters. The lowest BCUT2D eigenvalue weighted by atomic mass is 10.0. The zero-order chi connectivity index (χ0) is 13.0. The van der Waals surface area contributed by atoms with Crippen molar-refractivity contribution in [1.29, 1.82) is 0 Å². The fraction of sp³-hybridized carbons (Fsp3) is 0.538. The van der Waals surface area contributed by atoms with E-state index in [0.717, 1.165) is 13.0 Å². The maximum absolute atomic E-state index is 11.9. The minimum atomic E-state index is -0.242. The number of piperidine rings is 1. The molecule has 1 fully saturated rings. The smallest absolute Gasteiger partial charge is 0.255 e. The molecule has 0 bridgehead atoms. The summed E-state index contributed by atoms with van der Waals surface area (Å²) in [6, 6.07) is 1.92. The van der Waals surface area contributed by atoms with Crippen molar-refractivity contribution < 1.29 is 9.90 Å². The molecule has 18 heavy (non-hydrogen) atoms. The van der Waals surface area contributed by atoms with Crippen molar-refractivity contribution in [3.8, 4) is 5.75 Å². The van der Waals surface area contributed by atoms with Gasteiger partial charge in [-0.15, -0.1) is 0 Å². The molecule has 2 heterocycles. The molecule has 1 aromatic rings. The van der Waals surface area contributed by atoms with E-state index < -0.39 is 0 Å². The summed E-state index contributed by atoms with van der Waals surface area (Å²) in [6.45, 7) is 1.71. The first kappa shape index (κ1) is 12.8. The van der Waals surface area contributed by atoms with Crippen LogP contribution in [-0.2, 0) is 0 Å². The van der Waals surface area contributed by atoms with Crippen molar-refractivity contribution in [3.63, 3.8) is 0 Å². The summed E-state index contributed by atoms with van der Waals surface area (Å²) >= 11 is 0. The highest BCUT2D eigenvalue weighted by molar-refractivity contribution is 5.96. The minimum absolute atomic E-state index is 0.0769. The van der Waals surface area contributed by atoms with Gasteiger partial charge in [0.15, 0.2) is 0 Å². The summed E-state index contributed by atoms with van der Waals surface area (Å²) in [6.07, 6.45) is 6.33. The van der Waals surface area contributed by atoms with Gasteiger partial charge in [0.2, 0.25) is 0 Å². The first-order valence-corrected chi connectivity index (χ1v) is 6.30.